The van der Waals surface area contributed by atoms with Crippen LogP contribution in [0.25, 0.3) is 0 Å². The number of carboxylic acid groups (broad SMARTS) is 3. The Morgan fingerprint density at radius 3 is 0.754 bits per heavy atom. The van der Waals surface area contributed by atoms with Gasteiger partial charge in [-0.15, -0.1) is 0 Å². The third-order valence-corrected chi connectivity index (χ3v) is 17.6. The summed E-state index contributed by atoms with van der Waals surface area (Å²) in [7, 11) is 4.04. The molecule has 61 heavy (non-hydrogen) atoms. The van der Waals surface area contributed by atoms with Gasteiger partial charge in [0.05, 0.1) is 91.5 Å². The number of carbonyl (C=O) groups is 9. The second kappa shape index (κ2) is 23.7. The van der Waals surface area contributed by atoms with Crippen molar-refractivity contribution in [1.82, 2.24) is 20.9 Å². The summed E-state index contributed by atoms with van der Waals surface area (Å²) in [6.45, 7) is -2.15. The van der Waals surface area contributed by atoms with Crippen molar-refractivity contribution >= 4 is 274 Å². The highest BCUT2D eigenvalue weighted by Gasteiger charge is 2.32. The van der Waals surface area contributed by atoms with E-state index in [1.54, 1.807) is 203 Å². The SMILES string of the molecule is CNC(=O)c1c(I)c(NC(=O)CN(CC(=O)Nc2c(I)c(C(=O)O)c(I)c(C(=O)NC)c2I)CC(=O)Nc2c(I)c(C(=O)O)c(I)c(C(=O)NC)c2I)c(I)c(C(=O)O)c1I. The normalized spacial score (nSPS) is 10.8. The van der Waals surface area contributed by atoms with Gasteiger partial charge in [0.2, 0.25) is 17.7 Å². The molecule has 0 radical (unpaired) electrons. The van der Waals surface area contributed by atoms with Crippen LogP contribution in [0.2, 0.25) is 0 Å². The molecule has 0 aliphatic rings. The van der Waals surface area contributed by atoms with E-state index in [4.69, 9.17) is 0 Å². The van der Waals surface area contributed by atoms with Gasteiger partial charge in [0, 0.05) is 31.9 Å². The fourth-order valence-electron chi connectivity index (χ4n) is 5.17. The number of carboxylic acids is 3. The Hall–Kier alpha value is -0.580. The third kappa shape index (κ3) is 12.5. The molecule has 28 heteroatoms. The lowest BCUT2D eigenvalue weighted by Gasteiger charge is -2.24. The second-order valence-electron chi connectivity index (χ2n) is 11.6. The van der Waals surface area contributed by atoms with Crippen LogP contribution in [0.4, 0.5) is 17.1 Å². The van der Waals surface area contributed by atoms with Crippen LogP contribution >= 0.6 is 203 Å². The maximum Gasteiger partial charge on any atom is 0.337 e. The van der Waals surface area contributed by atoms with E-state index in [0.29, 0.717) is 0 Å². The highest BCUT2D eigenvalue weighted by Crippen LogP contribution is 2.38. The van der Waals surface area contributed by atoms with Gasteiger partial charge in [0.25, 0.3) is 17.7 Å². The van der Waals surface area contributed by atoms with E-state index in [0.717, 1.165) is 4.90 Å². The Balaban J connectivity index is 2.16. The fourth-order valence-corrected chi connectivity index (χ4v) is 18.3. The van der Waals surface area contributed by atoms with E-state index in [2.05, 4.69) is 31.9 Å². The van der Waals surface area contributed by atoms with Gasteiger partial charge in [0.1, 0.15) is 0 Å². The fraction of sp³-hybridized carbons (Fsp3) is 0.182. The van der Waals surface area contributed by atoms with Gasteiger partial charge >= 0.3 is 17.9 Å². The van der Waals surface area contributed by atoms with Gasteiger partial charge in [-0.3, -0.25) is 33.7 Å². The monoisotopic (exact) mass is 1850 g/mol. The molecule has 3 rings (SSSR count). The number of carbonyl (C=O) groups excluding carboxylic acids is 6. The number of hydrogen-bond donors (Lipinski definition) is 9. The maximum absolute atomic E-state index is 13.9. The molecule has 0 bridgehead atoms. The van der Waals surface area contributed by atoms with Crippen LogP contribution in [0, 0.1) is 32.1 Å². The molecule has 3 aromatic carbocycles. The molecule has 3 aromatic rings. The molecule has 0 aliphatic carbocycles. The van der Waals surface area contributed by atoms with E-state index >= 15 is 0 Å². The van der Waals surface area contributed by atoms with Gasteiger partial charge in [-0.05, 0) is 203 Å². The van der Waals surface area contributed by atoms with Crippen molar-refractivity contribution in [1.29, 1.82) is 0 Å². The van der Waals surface area contributed by atoms with E-state index in [1.807, 2.05) is 0 Å². The van der Waals surface area contributed by atoms with Crippen LogP contribution in [0.1, 0.15) is 62.1 Å². The van der Waals surface area contributed by atoms with Crippen LogP contribution in [0.3, 0.4) is 0 Å². The van der Waals surface area contributed by atoms with Gasteiger partial charge in [-0.1, -0.05) is 0 Å². The lowest BCUT2D eigenvalue weighted by molar-refractivity contribution is -0.122. The Kier molecular flexibility index (Phi) is 21.3. The highest BCUT2D eigenvalue weighted by molar-refractivity contribution is 14.1. The second-order valence-corrected chi connectivity index (χ2v) is 21.4. The molecule has 0 saturated carbocycles. The van der Waals surface area contributed by atoms with Crippen LogP contribution < -0.4 is 31.9 Å². The molecule has 0 atom stereocenters. The van der Waals surface area contributed by atoms with Crippen molar-refractivity contribution in [2.24, 2.45) is 0 Å². The molecule has 0 heterocycles. The van der Waals surface area contributed by atoms with E-state index in [-0.39, 0.29) is 82.6 Å². The number of nitrogens with zero attached hydrogens (tertiary/aromatic N) is 1. The standard InChI is InChI=1S/C33H24I9N7O12/c1-43-28(53)10-16(34)13(31(56)57)22(40)25(19(10)37)46-7(50)4-49(5-8(51)47-26-20(38)11(29(54)44-2)17(35)14(23(26)41)32(58)59)6-9(52)48-27-21(39)12(30(55)45-3)18(36)15(24(27)42)33(60)61/h4-6H2,1-3H3,(H,43,53)(H,44,54)(H,45,55)(H,46,50)(H,47,51)(H,48,52)(H,56,57)(H,58,59)(H,60,61). The molecule has 0 unspecified atom stereocenters. The Bertz CT molecular complexity index is 2200. The molecule has 0 saturated heterocycles. The highest BCUT2D eigenvalue weighted by atomic mass is 127. The van der Waals surface area contributed by atoms with Crippen molar-refractivity contribution in [3.63, 3.8) is 0 Å². The predicted octanol–water partition coefficient (Wildman–Crippen LogP) is 5.82. The smallest absolute Gasteiger partial charge is 0.337 e. The molecular formula is C33H24I9N7O12. The number of amides is 6. The molecule has 0 aliphatic heterocycles. The summed E-state index contributed by atoms with van der Waals surface area (Å²) in [4.78, 5) is 118. The first kappa shape index (κ1) is 54.8. The first-order chi connectivity index (χ1) is 28.4. The van der Waals surface area contributed by atoms with Crippen molar-refractivity contribution < 1.29 is 58.5 Å². The van der Waals surface area contributed by atoms with E-state index in [9.17, 15) is 58.5 Å². The third-order valence-electron chi connectivity index (χ3n) is 7.85. The first-order valence-electron chi connectivity index (χ1n) is 16.0. The number of benzene rings is 3. The van der Waals surface area contributed by atoms with Crippen molar-refractivity contribution in [3.05, 3.63) is 65.5 Å². The minimum absolute atomic E-state index is 0.0235. The minimum Gasteiger partial charge on any atom is -0.478 e. The van der Waals surface area contributed by atoms with Crippen LogP contribution in [-0.4, -0.2) is 114 Å². The number of hydrogen-bond acceptors (Lipinski definition) is 10. The molecule has 0 aromatic heterocycles. The number of nitrogens with one attached hydrogen (secondary N) is 6. The number of halogens is 9. The van der Waals surface area contributed by atoms with Crippen LogP contribution in [-0.2, 0) is 14.4 Å². The van der Waals surface area contributed by atoms with Gasteiger partial charge in [0.15, 0.2) is 0 Å². The van der Waals surface area contributed by atoms with Crippen molar-refractivity contribution in [3.8, 4) is 0 Å². The summed E-state index contributed by atoms with van der Waals surface area (Å²) < 4.78 is 1.16. The number of rotatable bonds is 15. The largest absolute Gasteiger partial charge is 0.478 e. The Morgan fingerprint density at radius 2 is 0.574 bits per heavy atom. The molecule has 0 fully saturated rings. The van der Waals surface area contributed by atoms with Crippen LogP contribution in [0.15, 0.2) is 0 Å². The zero-order chi connectivity index (χ0) is 46.5. The van der Waals surface area contributed by atoms with Gasteiger partial charge in [-0.25, -0.2) is 14.4 Å². The quantitative estimate of drug-likeness (QED) is 0.0813. The summed E-state index contributed by atoms with van der Waals surface area (Å²) in [5.41, 5.74) is -0.955. The molecule has 19 nitrogen and oxygen atoms in total. The van der Waals surface area contributed by atoms with Crippen LogP contribution in [0.5, 0.6) is 0 Å². The average Bonchev–Trinajstić information content (AvgIpc) is 3.15. The number of aromatic carboxylic acids is 3. The summed E-state index contributed by atoms with van der Waals surface area (Å²) in [6.07, 6.45) is 0. The molecule has 6 amide bonds. The Labute approximate surface area is 467 Å². The summed E-state index contributed by atoms with van der Waals surface area (Å²) in [5.74, 6) is -8.61. The first-order valence-corrected chi connectivity index (χ1v) is 25.7. The molecule has 0 spiro atoms. The maximum atomic E-state index is 13.9. The Morgan fingerprint density at radius 1 is 0.377 bits per heavy atom. The lowest BCUT2D eigenvalue weighted by atomic mass is 10.1. The predicted molar refractivity (Wildman–Crippen MR) is 297 cm³/mol. The number of anilines is 3. The molecular weight excluding hydrogens is 1830 g/mol. The minimum atomic E-state index is -1.38. The summed E-state index contributed by atoms with van der Waals surface area (Å²) in [6, 6.07) is 0. The molecule has 9 N–H and O–H groups in total. The summed E-state index contributed by atoms with van der Waals surface area (Å²) in [5, 5.41) is 45.2. The summed E-state index contributed by atoms with van der Waals surface area (Å²) >= 11 is 15.7. The molecule has 326 valence electrons. The average molecular weight is 1850 g/mol. The van der Waals surface area contributed by atoms with E-state index in [1.165, 1.54) is 21.1 Å². The van der Waals surface area contributed by atoms with Gasteiger partial charge in [-0.2, -0.15) is 0 Å². The topological polar surface area (TPSA) is 290 Å². The lowest BCUT2D eigenvalue weighted by Crippen LogP contribution is -2.43. The zero-order valence-corrected chi connectivity index (χ0v) is 49.9. The van der Waals surface area contributed by atoms with E-state index < -0.39 is 73.0 Å². The zero-order valence-electron chi connectivity index (χ0n) is 30.5. The van der Waals surface area contributed by atoms with Gasteiger partial charge < -0.3 is 47.2 Å². The van der Waals surface area contributed by atoms with Crippen molar-refractivity contribution in [2.75, 3.05) is 56.7 Å². The van der Waals surface area contributed by atoms with Crippen molar-refractivity contribution in [2.45, 2.75) is 0 Å².